The lowest BCUT2D eigenvalue weighted by atomic mass is 10.2. The monoisotopic (exact) mass is 428 g/mol. The number of ether oxygens (including phenoxy) is 1. The molecule has 0 bridgehead atoms. The van der Waals surface area contributed by atoms with Gasteiger partial charge in [-0.05, 0) is 56.8 Å². The van der Waals surface area contributed by atoms with E-state index in [0.29, 0.717) is 24.7 Å². The van der Waals surface area contributed by atoms with Gasteiger partial charge in [0.15, 0.2) is 0 Å². The van der Waals surface area contributed by atoms with Crippen molar-refractivity contribution < 1.29 is 17.7 Å². The first-order valence-electron chi connectivity index (χ1n) is 9.63. The Morgan fingerprint density at radius 1 is 1.13 bits per heavy atom. The second-order valence-electron chi connectivity index (χ2n) is 7.51. The second kappa shape index (κ2) is 8.17. The first-order chi connectivity index (χ1) is 14.4. The van der Waals surface area contributed by atoms with Crippen LogP contribution in [0.1, 0.15) is 23.9 Å². The number of aryl methyl sites for hydroxylation is 1. The van der Waals surface area contributed by atoms with Crippen molar-refractivity contribution in [3.8, 4) is 17.1 Å². The summed E-state index contributed by atoms with van der Waals surface area (Å²) in [6.07, 6.45) is 0.547. The number of nitrogens with zero attached hydrogens (tertiary/aromatic N) is 3. The summed E-state index contributed by atoms with van der Waals surface area (Å²) in [4.78, 5) is 6.81. The highest BCUT2D eigenvalue weighted by atomic mass is 32.2. The van der Waals surface area contributed by atoms with Crippen LogP contribution in [0.4, 0.5) is 0 Å². The molecule has 2 atom stereocenters. The SMILES string of the molecule is COc1ccc(-c2noc([C@@H]3C[C@H](NS(=O)(=O)c4ccc(C)cc4)CN3C)n2)cc1. The van der Waals surface area contributed by atoms with Gasteiger partial charge in [0.1, 0.15) is 5.75 Å². The molecule has 1 aromatic heterocycles. The van der Waals surface area contributed by atoms with E-state index in [0.717, 1.165) is 16.9 Å². The maximum absolute atomic E-state index is 12.7. The lowest BCUT2D eigenvalue weighted by molar-refractivity contribution is 0.244. The van der Waals surface area contributed by atoms with Crippen molar-refractivity contribution in [3.63, 3.8) is 0 Å². The summed E-state index contributed by atoms with van der Waals surface area (Å²) in [7, 11) is -0.0584. The number of benzene rings is 2. The highest BCUT2D eigenvalue weighted by Gasteiger charge is 2.36. The smallest absolute Gasteiger partial charge is 0.244 e. The van der Waals surface area contributed by atoms with Crippen LogP contribution in [0.2, 0.25) is 0 Å². The minimum atomic E-state index is -3.59. The Kier molecular flexibility index (Phi) is 5.59. The van der Waals surface area contributed by atoms with Gasteiger partial charge in [-0.15, -0.1) is 0 Å². The van der Waals surface area contributed by atoms with Gasteiger partial charge in [-0.1, -0.05) is 22.9 Å². The molecule has 9 heteroatoms. The van der Waals surface area contributed by atoms with Crippen LogP contribution in [0, 0.1) is 6.92 Å². The molecule has 0 unspecified atom stereocenters. The van der Waals surface area contributed by atoms with E-state index in [9.17, 15) is 8.42 Å². The molecule has 2 aromatic carbocycles. The van der Waals surface area contributed by atoms with Crippen molar-refractivity contribution in [1.29, 1.82) is 0 Å². The Morgan fingerprint density at radius 3 is 2.50 bits per heavy atom. The van der Waals surface area contributed by atoms with Crippen LogP contribution in [0.15, 0.2) is 57.9 Å². The van der Waals surface area contributed by atoms with Crippen LogP contribution < -0.4 is 9.46 Å². The van der Waals surface area contributed by atoms with Crippen LogP contribution >= 0.6 is 0 Å². The predicted octanol–water partition coefficient (Wildman–Crippen LogP) is 2.78. The Bertz CT molecular complexity index is 1110. The Balaban J connectivity index is 1.46. The Morgan fingerprint density at radius 2 is 1.83 bits per heavy atom. The van der Waals surface area contributed by atoms with E-state index in [1.54, 1.807) is 31.4 Å². The van der Waals surface area contributed by atoms with Crippen molar-refractivity contribution in [3.05, 3.63) is 60.0 Å². The van der Waals surface area contributed by atoms with Gasteiger partial charge in [0.25, 0.3) is 0 Å². The zero-order valence-corrected chi connectivity index (χ0v) is 17.9. The molecule has 0 amide bonds. The molecule has 30 heavy (non-hydrogen) atoms. The molecule has 0 spiro atoms. The van der Waals surface area contributed by atoms with Crippen molar-refractivity contribution in [1.82, 2.24) is 19.8 Å². The summed E-state index contributed by atoms with van der Waals surface area (Å²) in [5.41, 5.74) is 1.83. The van der Waals surface area contributed by atoms with Gasteiger partial charge in [-0.2, -0.15) is 4.98 Å². The molecule has 0 saturated carbocycles. The second-order valence-corrected chi connectivity index (χ2v) is 9.22. The number of rotatable bonds is 6. The fourth-order valence-electron chi connectivity index (χ4n) is 3.61. The Hall–Kier alpha value is -2.75. The quantitative estimate of drug-likeness (QED) is 0.645. The van der Waals surface area contributed by atoms with Gasteiger partial charge >= 0.3 is 0 Å². The lowest BCUT2D eigenvalue weighted by Crippen LogP contribution is -2.36. The number of hydrogen-bond donors (Lipinski definition) is 1. The van der Waals surface area contributed by atoms with E-state index in [2.05, 4.69) is 14.9 Å². The van der Waals surface area contributed by atoms with Gasteiger partial charge in [0, 0.05) is 18.2 Å². The molecule has 4 rings (SSSR count). The first kappa shape index (κ1) is 20.5. The molecule has 1 aliphatic rings. The topological polar surface area (TPSA) is 97.6 Å². The summed E-state index contributed by atoms with van der Waals surface area (Å²) < 4.78 is 38.9. The first-order valence-corrected chi connectivity index (χ1v) is 11.1. The summed E-state index contributed by atoms with van der Waals surface area (Å²) >= 11 is 0. The molecule has 0 radical (unpaired) electrons. The zero-order valence-electron chi connectivity index (χ0n) is 17.1. The van der Waals surface area contributed by atoms with E-state index in [1.165, 1.54) is 0 Å². The summed E-state index contributed by atoms with van der Waals surface area (Å²) in [6.45, 7) is 2.47. The van der Waals surface area contributed by atoms with Gasteiger partial charge in [0.2, 0.25) is 21.7 Å². The van der Waals surface area contributed by atoms with Crippen molar-refractivity contribution in [2.75, 3.05) is 20.7 Å². The number of methoxy groups -OCH3 is 1. The number of hydrogen-bond acceptors (Lipinski definition) is 7. The highest BCUT2D eigenvalue weighted by molar-refractivity contribution is 7.89. The minimum absolute atomic E-state index is 0.157. The van der Waals surface area contributed by atoms with Crippen molar-refractivity contribution in [2.45, 2.75) is 30.3 Å². The number of aromatic nitrogens is 2. The fraction of sp³-hybridized carbons (Fsp3) is 0.333. The van der Waals surface area contributed by atoms with E-state index in [-0.39, 0.29) is 17.0 Å². The molecular weight excluding hydrogens is 404 g/mol. The predicted molar refractivity (Wildman–Crippen MR) is 112 cm³/mol. The minimum Gasteiger partial charge on any atom is -0.497 e. The number of sulfonamides is 1. The molecule has 1 saturated heterocycles. The molecule has 8 nitrogen and oxygen atoms in total. The van der Waals surface area contributed by atoms with Crippen LogP contribution in [-0.2, 0) is 10.0 Å². The molecule has 1 N–H and O–H groups in total. The van der Waals surface area contributed by atoms with E-state index < -0.39 is 10.0 Å². The highest BCUT2D eigenvalue weighted by Crippen LogP contribution is 2.32. The largest absolute Gasteiger partial charge is 0.497 e. The van der Waals surface area contributed by atoms with E-state index >= 15 is 0 Å². The van der Waals surface area contributed by atoms with Gasteiger partial charge in [-0.3, -0.25) is 4.90 Å². The number of likely N-dealkylation sites (N-methyl/N-ethyl adjacent to an activating group) is 1. The lowest BCUT2D eigenvalue weighted by Gasteiger charge is -2.14. The standard InChI is InChI=1S/C21H24N4O4S/c1-14-4-10-18(11-5-14)30(26,27)24-16-12-19(25(2)13-16)21-22-20(23-29-21)15-6-8-17(28-3)9-7-15/h4-11,16,19,24H,12-13H2,1-3H3/t16-,19-/m0/s1. The third-order valence-electron chi connectivity index (χ3n) is 5.28. The van der Waals surface area contributed by atoms with Gasteiger partial charge < -0.3 is 9.26 Å². The van der Waals surface area contributed by atoms with Crippen LogP contribution in [0.3, 0.4) is 0 Å². The fourth-order valence-corrected chi connectivity index (χ4v) is 4.85. The number of nitrogens with one attached hydrogen (secondary N) is 1. The molecule has 2 heterocycles. The van der Waals surface area contributed by atoms with Gasteiger partial charge in [0.05, 0.1) is 18.0 Å². The van der Waals surface area contributed by atoms with Crippen LogP contribution in [-0.4, -0.2) is 50.2 Å². The van der Waals surface area contributed by atoms with E-state index in [1.807, 2.05) is 43.1 Å². The summed E-state index contributed by atoms with van der Waals surface area (Å²) in [5, 5.41) is 4.08. The van der Waals surface area contributed by atoms with Crippen LogP contribution in [0.5, 0.6) is 5.75 Å². The van der Waals surface area contributed by atoms with Crippen LogP contribution in [0.25, 0.3) is 11.4 Å². The Labute approximate surface area is 175 Å². The summed E-state index contributed by atoms with van der Waals surface area (Å²) in [5.74, 6) is 1.71. The van der Waals surface area contributed by atoms with Crippen molar-refractivity contribution >= 4 is 10.0 Å². The normalized spacial score (nSPS) is 19.8. The molecule has 3 aromatic rings. The zero-order chi connectivity index (χ0) is 21.3. The molecular formula is C21H24N4O4S. The maximum atomic E-state index is 12.7. The maximum Gasteiger partial charge on any atom is 0.244 e. The van der Waals surface area contributed by atoms with E-state index in [4.69, 9.17) is 9.26 Å². The molecule has 1 fully saturated rings. The number of likely N-dealkylation sites (tertiary alicyclic amines) is 1. The van der Waals surface area contributed by atoms with Gasteiger partial charge in [-0.25, -0.2) is 13.1 Å². The van der Waals surface area contributed by atoms with Crippen molar-refractivity contribution in [2.24, 2.45) is 0 Å². The summed E-state index contributed by atoms with van der Waals surface area (Å²) in [6, 6.07) is 13.8. The third kappa shape index (κ3) is 4.23. The average molecular weight is 429 g/mol. The third-order valence-corrected chi connectivity index (χ3v) is 6.81. The molecule has 0 aliphatic carbocycles. The molecule has 1 aliphatic heterocycles. The average Bonchev–Trinajstić information content (AvgIpc) is 3.34. The molecule has 158 valence electrons.